The number of thiazole rings is 2. The van der Waals surface area contributed by atoms with Gasteiger partial charge >= 0.3 is 0 Å². The van der Waals surface area contributed by atoms with Crippen molar-refractivity contribution >= 4 is 99.0 Å². The van der Waals surface area contributed by atoms with Crippen LogP contribution in [-0.4, -0.2) is 19.9 Å². The molecule has 0 atom stereocenters. The summed E-state index contributed by atoms with van der Waals surface area (Å²) in [5.41, 5.74) is 8.35. The van der Waals surface area contributed by atoms with Gasteiger partial charge in [-0.2, -0.15) is 0 Å². The lowest BCUT2D eigenvalue weighted by molar-refractivity contribution is 1.18. The Labute approximate surface area is 342 Å². The second-order valence-electron chi connectivity index (χ2n) is 14.0. The number of rotatable bonds is 8. The van der Waals surface area contributed by atoms with Crippen molar-refractivity contribution in [2.75, 3.05) is 9.80 Å². The summed E-state index contributed by atoms with van der Waals surface area (Å²) in [7, 11) is 0. The minimum absolute atomic E-state index is 0.849. The third-order valence-electron chi connectivity index (χ3n) is 10.4. The van der Waals surface area contributed by atoms with Crippen LogP contribution in [0.15, 0.2) is 194 Å². The Morgan fingerprint density at radius 2 is 0.776 bits per heavy atom. The molecule has 4 heterocycles. The molecule has 0 amide bonds. The van der Waals surface area contributed by atoms with Gasteiger partial charge in [0, 0.05) is 46.3 Å². The number of nitrogens with zero attached hydrogens (tertiary/aromatic N) is 6. The predicted octanol–water partition coefficient (Wildman–Crippen LogP) is 14.3. The van der Waals surface area contributed by atoms with E-state index < -0.39 is 0 Å². The Balaban J connectivity index is 0.976. The van der Waals surface area contributed by atoms with E-state index in [4.69, 9.17) is 19.9 Å². The highest BCUT2D eigenvalue weighted by Gasteiger charge is 2.19. The van der Waals surface area contributed by atoms with Gasteiger partial charge in [0.15, 0.2) is 0 Å². The maximum absolute atomic E-state index is 4.95. The quantitative estimate of drug-likeness (QED) is 0.143. The summed E-state index contributed by atoms with van der Waals surface area (Å²) in [6.45, 7) is 0. The van der Waals surface area contributed by atoms with Crippen molar-refractivity contribution in [3.8, 4) is 21.1 Å². The number of fused-ring (bicyclic) bond motifs is 5. The predicted molar refractivity (Wildman–Crippen MR) is 244 cm³/mol. The van der Waals surface area contributed by atoms with Crippen molar-refractivity contribution in [3.05, 3.63) is 194 Å². The highest BCUT2D eigenvalue weighted by molar-refractivity contribution is 7.22. The number of anilines is 6. The number of hydrogen-bond acceptors (Lipinski definition) is 8. The van der Waals surface area contributed by atoms with Crippen LogP contribution >= 0.6 is 22.7 Å². The van der Waals surface area contributed by atoms with E-state index in [1.54, 1.807) is 22.7 Å². The van der Waals surface area contributed by atoms with Crippen molar-refractivity contribution in [1.82, 2.24) is 19.9 Å². The average Bonchev–Trinajstić information content (AvgIpc) is 3.92. The summed E-state index contributed by atoms with van der Waals surface area (Å²) in [5.74, 6) is 1.70. The van der Waals surface area contributed by atoms with Gasteiger partial charge < -0.3 is 0 Å². The minimum atomic E-state index is 0.849. The molecule has 0 aliphatic carbocycles. The maximum Gasteiger partial charge on any atom is 0.137 e. The van der Waals surface area contributed by atoms with Crippen LogP contribution in [-0.2, 0) is 0 Å². The topological polar surface area (TPSA) is 58.0 Å². The summed E-state index contributed by atoms with van der Waals surface area (Å²) >= 11 is 3.42. The molecule has 0 saturated heterocycles. The van der Waals surface area contributed by atoms with Crippen LogP contribution in [0.3, 0.4) is 0 Å². The fourth-order valence-corrected chi connectivity index (χ4v) is 9.65. The standard InChI is InChI=1S/C50H32N6S2/c1-3-11-33(12-4-1)49-53-43-25-21-39(31-45(43)57-49)55(47-15-7-9-27-51-47)37-19-23-41-35(29-37)17-18-36-30-38(20-24-42(36)41)56(48-16-8-10-28-52-48)40-22-26-44-46(32-40)58-50(54-44)34-13-5-2-6-14-34/h1-32H. The fourth-order valence-electron chi connectivity index (χ4n) is 7.64. The first-order valence-corrected chi connectivity index (χ1v) is 20.7. The number of aromatic nitrogens is 4. The van der Waals surface area contributed by atoms with E-state index in [-0.39, 0.29) is 0 Å². The number of hydrogen-bond donors (Lipinski definition) is 0. The lowest BCUT2D eigenvalue weighted by Gasteiger charge is -2.25. The molecular formula is C50H32N6S2. The summed E-state index contributed by atoms with van der Waals surface area (Å²) in [4.78, 5) is 24.0. The third-order valence-corrected chi connectivity index (χ3v) is 12.5. The first-order chi connectivity index (χ1) is 28.7. The Bertz CT molecular complexity index is 3020. The molecule has 58 heavy (non-hydrogen) atoms. The van der Waals surface area contributed by atoms with Crippen LogP contribution < -0.4 is 9.80 Å². The van der Waals surface area contributed by atoms with Crippen LogP contribution in [0.1, 0.15) is 0 Å². The van der Waals surface area contributed by atoms with E-state index in [0.717, 1.165) is 86.7 Å². The van der Waals surface area contributed by atoms with Gasteiger partial charge in [-0.1, -0.05) is 97.1 Å². The van der Waals surface area contributed by atoms with Crippen LogP contribution in [0, 0.1) is 0 Å². The molecule has 0 saturated carbocycles. The molecule has 0 aliphatic heterocycles. The van der Waals surface area contributed by atoms with Gasteiger partial charge in [0.1, 0.15) is 21.7 Å². The largest absolute Gasteiger partial charge is 0.295 e. The zero-order valence-electron chi connectivity index (χ0n) is 31.0. The third kappa shape index (κ3) is 6.21. The molecule has 274 valence electrons. The molecule has 8 heteroatoms. The fraction of sp³-hybridized carbons (Fsp3) is 0. The van der Waals surface area contributed by atoms with Gasteiger partial charge in [-0.3, -0.25) is 9.80 Å². The van der Waals surface area contributed by atoms with Crippen molar-refractivity contribution in [2.45, 2.75) is 0 Å². The number of pyridine rings is 2. The van der Waals surface area contributed by atoms with Gasteiger partial charge in [-0.15, -0.1) is 22.7 Å². The lowest BCUT2D eigenvalue weighted by atomic mass is 10.00. The second kappa shape index (κ2) is 14.4. The van der Waals surface area contributed by atoms with Crippen molar-refractivity contribution in [1.29, 1.82) is 0 Å². The molecule has 11 rings (SSSR count). The Hall–Kier alpha value is -7.26. The summed E-state index contributed by atoms with van der Waals surface area (Å²) in [5, 5.41) is 6.69. The molecule has 0 N–H and O–H groups in total. The molecule has 0 bridgehead atoms. The highest BCUT2D eigenvalue weighted by Crippen LogP contribution is 2.42. The summed E-state index contributed by atoms with van der Waals surface area (Å²) in [6, 6.07) is 63.6. The van der Waals surface area contributed by atoms with Gasteiger partial charge in [0.25, 0.3) is 0 Å². The Morgan fingerprint density at radius 1 is 0.362 bits per heavy atom. The van der Waals surface area contributed by atoms with Gasteiger partial charge in [-0.05, 0) is 106 Å². The summed E-state index contributed by atoms with van der Waals surface area (Å²) in [6.07, 6.45) is 3.69. The Kier molecular flexibility index (Phi) is 8.42. The van der Waals surface area contributed by atoms with E-state index >= 15 is 0 Å². The zero-order valence-corrected chi connectivity index (χ0v) is 32.6. The first-order valence-electron chi connectivity index (χ1n) is 19.0. The Morgan fingerprint density at radius 3 is 1.21 bits per heavy atom. The first kappa shape index (κ1) is 34.0. The van der Waals surface area contributed by atoms with Crippen LogP contribution in [0.25, 0.3) is 63.1 Å². The van der Waals surface area contributed by atoms with Gasteiger partial charge in [-0.25, -0.2) is 19.9 Å². The van der Waals surface area contributed by atoms with Crippen molar-refractivity contribution in [2.24, 2.45) is 0 Å². The van der Waals surface area contributed by atoms with E-state index in [1.165, 1.54) is 10.8 Å². The normalized spacial score (nSPS) is 11.4. The smallest absolute Gasteiger partial charge is 0.137 e. The van der Waals surface area contributed by atoms with Crippen LogP contribution in [0.2, 0.25) is 0 Å². The van der Waals surface area contributed by atoms with E-state index in [2.05, 4.69) is 155 Å². The average molecular weight is 781 g/mol. The molecule has 4 aromatic heterocycles. The maximum atomic E-state index is 4.95. The molecule has 0 radical (unpaired) electrons. The monoisotopic (exact) mass is 780 g/mol. The molecular weight excluding hydrogens is 749 g/mol. The molecule has 7 aromatic carbocycles. The molecule has 11 aromatic rings. The summed E-state index contributed by atoms with van der Waals surface area (Å²) < 4.78 is 2.26. The minimum Gasteiger partial charge on any atom is -0.295 e. The zero-order chi connectivity index (χ0) is 38.4. The van der Waals surface area contributed by atoms with Gasteiger partial charge in [0.05, 0.1) is 20.4 Å². The second-order valence-corrected chi connectivity index (χ2v) is 16.1. The molecule has 0 fully saturated rings. The van der Waals surface area contributed by atoms with E-state index in [0.29, 0.717) is 0 Å². The van der Waals surface area contributed by atoms with Gasteiger partial charge in [0.2, 0.25) is 0 Å². The van der Waals surface area contributed by atoms with Crippen LogP contribution in [0.4, 0.5) is 34.4 Å². The van der Waals surface area contributed by atoms with Crippen molar-refractivity contribution in [3.63, 3.8) is 0 Å². The van der Waals surface area contributed by atoms with E-state index in [1.807, 2.05) is 48.8 Å². The molecule has 0 spiro atoms. The number of benzene rings is 7. The molecule has 0 unspecified atom stereocenters. The molecule has 6 nitrogen and oxygen atoms in total. The SMILES string of the molecule is c1ccc(-c2nc3ccc(N(c4ccc5c(ccc6cc(N(c7ccc8nc(-c9ccccc9)sc8c7)c7ccccn7)ccc65)c4)c4ccccn4)cc3s2)cc1. The molecule has 0 aliphatic rings. The lowest BCUT2D eigenvalue weighted by Crippen LogP contribution is -2.11. The van der Waals surface area contributed by atoms with Crippen LogP contribution in [0.5, 0.6) is 0 Å². The van der Waals surface area contributed by atoms with Crippen molar-refractivity contribution < 1.29 is 0 Å². The highest BCUT2D eigenvalue weighted by atomic mass is 32.1. The van der Waals surface area contributed by atoms with E-state index in [9.17, 15) is 0 Å².